The van der Waals surface area contributed by atoms with Crippen LogP contribution in [0, 0.1) is 13.8 Å². The van der Waals surface area contributed by atoms with Crippen LogP contribution in [0.1, 0.15) is 27.3 Å². The van der Waals surface area contributed by atoms with Gasteiger partial charge >= 0.3 is 0 Å². The summed E-state index contributed by atoms with van der Waals surface area (Å²) in [5.74, 6) is 0.418. The van der Waals surface area contributed by atoms with E-state index < -0.39 is 0 Å². The second kappa shape index (κ2) is 8.01. The van der Waals surface area contributed by atoms with Crippen LogP contribution in [0.25, 0.3) is 11.4 Å². The van der Waals surface area contributed by atoms with E-state index in [1.807, 2.05) is 50.2 Å². The van der Waals surface area contributed by atoms with E-state index in [9.17, 15) is 4.79 Å². The molecule has 0 saturated heterocycles. The minimum atomic E-state index is -0.0440. The highest BCUT2D eigenvalue weighted by Gasteiger charge is 2.18. The number of hydrogen-bond donors (Lipinski definition) is 0. The number of aromatic nitrogens is 5. The molecule has 7 heteroatoms. The van der Waals surface area contributed by atoms with Gasteiger partial charge in [0.05, 0.1) is 0 Å². The zero-order valence-electron chi connectivity index (χ0n) is 16.2. The quantitative estimate of drug-likeness (QED) is 0.447. The summed E-state index contributed by atoms with van der Waals surface area (Å²) in [7, 11) is 0. The van der Waals surface area contributed by atoms with E-state index in [-0.39, 0.29) is 12.3 Å². The average Bonchev–Trinajstić information content (AvgIpc) is 3.29. The molecular weight excluding hydrogens is 386 g/mol. The van der Waals surface area contributed by atoms with Crippen LogP contribution >= 0.6 is 11.6 Å². The molecule has 2 aromatic heterocycles. The number of carbonyl (C=O) groups is 1. The number of Topliss-reactive ketones (excluding diaryl/α,β-unsaturated/α-hetero) is 1. The molecule has 0 fully saturated rings. The van der Waals surface area contributed by atoms with Crippen LogP contribution in [0.3, 0.4) is 0 Å². The van der Waals surface area contributed by atoms with Crippen LogP contribution < -0.4 is 0 Å². The maximum absolute atomic E-state index is 12.9. The lowest BCUT2D eigenvalue weighted by Crippen LogP contribution is -2.14. The Morgan fingerprint density at radius 3 is 2.48 bits per heavy atom. The molecule has 0 bridgehead atoms. The second-order valence-electron chi connectivity index (χ2n) is 6.93. The fourth-order valence-electron chi connectivity index (χ4n) is 3.33. The summed E-state index contributed by atoms with van der Waals surface area (Å²) in [6.07, 6.45) is 0. The molecule has 6 nitrogen and oxygen atoms in total. The Balaban J connectivity index is 1.52. The minimum absolute atomic E-state index is 0.0379. The third-order valence-electron chi connectivity index (χ3n) is 4.90. The van der Waals surface area contributed by atoms with Gasteiger partial charge in [-0.2, -0.15) is 4.80 Å². The average molecular weight is 406 g/mol. The summed E-state index contributed by atoms with van der Waals surface area (Å²) in [4.78, 5) is 14.2. The highest BCUT2D eigenvalue weighted by atomic mass is 35.5. The number of halogens is 1. The first kappa shape index (κ1) is 19.1. The fourth-order valence-corrected chi connectivity index (χ4v) is 3.46. The van der Waals surface area contributed by atoms with Crippen molar-refractivity contribution in [3.05, 3.63) is 88.2 Å². The molecule has 0 spiro atoms. The lowest BCUT2D eigenvalue weighted by atomic mass is 10.1. The third kappa shape index (κ3) is 4.12. The van der Waals surface area contributed by atoms with Gasteiger partial charge in [0, 0.05) is 34.1 Å². The van der Waals surface area contributed by atoms with E-state index in [2.05, 4.69) is 32.1 Å². The summed E-state index contributed by atoms with van der Waals surface area (Å²) < 4.78 is 2.15. The van der Waals surface area contributed by atoms with Gasteiger partial charge in [-0.3, -0.25) is 4.79 Å². The van der Waals surface area contributed by atoms with Gasteiger partial charge in [0.2, 0.25) is 5.82 Å². The predicted octanol–water partition coefficient (Wildman–Crippen LogP) is 4.34. The molecule has 0 aliphatic heterocycles. The van der Waals surface area contributed by atoms with Gasteiger partial charge in [-0.15, -0.1) is 10.2 Å². The number of ketones is 1. The zero-order valence-corrected chi connectivity index (χ0v) is 17.0. The van der Waals surface area contributed by atoms with Crippen molar-refractivity contribution in [3.8, 4) is 11.4 Å². The highest BCUT2D eigenvalue weighted by Crippen LogP contribution is 2.19. The first-order valence-electron chi connectivity index (χ1n) is 9.29. The number of hydrogen-bond acceptors (Lipinski definition) is 4. The van der Waals surface area contributed by atoms with Crippen LogP contribution in [0.2, 0.25) is 5.02 Å². The van der Waals surface area contributed by atoms with E-state index >= 15 is 0 Å². The van der Waals surface area contributed by atoms with Crippen molar-refractivity contribution in [2.24, 2.45) is 0 Å². The maximum atomic E-state index is 12.9. The van der Waals surface area contributed by atoms with Crippen molar-refractivity contribution in [3.63, 3.8) is 0 Å². The number of carbonyl (C=O) groups excluding carboxylic acids is 1. The molecule has 0 aliphatic carbocycles. The normalized spacial score (nSPS) is 11.0. The summed E-state index contributed by atoms with van der Waals surface area (Å²) in [5, 5.41) is 13.0. The van der Waals surface area contributed by atoms with Crippen molar-refractivity contribution < 1.29 is 4.79 Å². The van der Waals surface area contributed by atoms with Gasteiger partial charge in [0.25, 0.3) is 0 Å². The molecule has 0 N–H and O–H groups in total. The van der Waals surface area contributed by atoms with Gasteiger partial charge in [-0.1, -0.05) is 41.9 Å². The van der Waals surface area contributed by atoms with Crippen LogP contribution in [0.4, 0.5) is 0 Å². The van der Waals surface area contributed by atoms with Crippen molar-refractivity contribution in [1.29, 1.82) is 0 Å². The number of aryl methyl sites for hydroxylation is 1. The molecule has 0 saturated carbocycles. The Kier molecular flexibility index (Phi) is 5.27. The van der Waals surface area contributed by atoms with Crippen LogP contribution in [-0.2, 0) is 13.1 Å². The molecule has 0 unspecified atom stereocenters. The molecule has 0 amide bonds. The van der Waals surface area contributed by atoms with E-state index in [1.165, 1.54) is 10.4 Å². The molecule has 2 aromatic carbocycles. The standard InChI is InChI=1S/C22H20ClN5O/c1-15-12-20(16(2)27(15)13-17-6-4-3-5-7-17)21(29)14-28-25-22(24-26-28)18-8-10-19(23)11-9-18/h3-12H,13-14H2,1-2H3. The molecule has 29 heavy (non-hydrogen) atoms. The van der Waals surface area contributed by atoms with Crippen molar-refractivity contribution in [2.75, 3.05) is 0 Å². The molecule has 146 valence electrons. The van der Waals surface area contributed by atoms with Crippen LogP contribution in [0.5, 0.6) is 0 Å². The minimum Gasteiger partial charge on any atom is -0.344 e. The largest absolute Gasteiger partial charge is 0.344 e. The summed E-state index contributed by atoms with van der Waals surface area (Å²) >= 11 is 5.91. The topological polar surface area (TPSA) is 65.6 Å². The van der Waals surface area contributed by atoms with E-state index in [0.717, 1.165) is 23.5 Å². The van der Waals surface area contributed by atoms with E-state index in [0.29, 0.717) is 16.4 Å². The smallest absolute Gasteiger partial charge is 0.204 e. The Labute approximate surface area is 173 Å². The zero-order chi connectivity index (χ0) is 20.4. The third-order valence-corrected chi connectivity index (χ3v) is 5.15. The summed E-state index contributed by atoms with van der Waals surface area (Å²) in [6.45, 7) is 4.75. The Morgan fingerprint density at radius 2 is 1.76 bits per heavy atom. The van der Waals surface area contributed by atoms with E-state index in [1.54, 1.807) is 12.1 Å². The molecule has 0 atom stereocenters. The summed E-state index contributed by atoms with van der Waals surface area (Å²) in [5.41, 5.74) is 4.66. The number of tetrazole rings is 1. The monoisotopic (exact) mass is 405 g/mol. The van der Waals surface area contributed by atoms with E-state index in [4.69, 9.17) is 11.6 Å². The van der Waals surface area contributed by atoms with Gasteiger partial charge in [-0.25, -0.2) is 0 Å². The van der Waals surface area contributed by atoms with Crippen molar-refractivity contribution in [2.45, 2.75) is 26.9 Å². The maximum Gasteiger partial charge on any atom is 0.204 e. The molecule has 4 rings (SSSR count). The van der Waals surface area contributed by atoms with Crippen LogP contribution in [-0.4, -0.2) is 30.6 Å². The van der Waals surface area contributed by atoms with Gasteiger partial charge in [-0.05, 0) is 55.0 Å². The van der Waals surface area contributed by atoms with Gasteiger partial charge < -0.3 is 4.57 Å². The molecule has 0 radical (unpaired) electrons. The lowest BCUT2D eigenvalue weighted by molar-refractivity contribution is 0.0960. The lowest BCUT2D eigenvalue weighted by Gasteiger charge is -2.10. The van der Waals surface area contributed by atoms with Gasteiger partial charge in [0.15, 0.2) is 5.78 Å². The number of benzene rings is 2. The fraction of sp³-hybridized carbons (Fsp3) is 0.182. The molecular formula is C22H20ClN5O. The van der Waals surface area contributed by atoms with Crippen molar-refractivity contribution >= 4 is 17.4 Å². The van der Waals surface area contributed by atoms with Gasteiger partial charge in [0.1, 0.15) is 6.54 Å². The number of nitrogens with zero attached hydrogens (tertiary/aromatic N) is 5. The Morgan fingerprint density at radius 1 is 1.03 bits per heavy atom. The second-order valence-corrected chi connectivity index (χ2v) is 7.37. The first-order valence-corrected chi connectivity index (χ1v) is 9.66. The molecule has 0 aliphatic rings. The predicted molar refractivity (Wildman–Crippen MR) is 112 cm³/mol. The summed E-state index contributed by atoms with van der Waals surface area (Å²) in [6, 6.07) is 19.3. The molecule has 4 aromatic rings. The van der Waals surface area contributed by atoms with Crippen molar-refractivity contribution in [1.82, 2.24) is 24.8 Å². The number of rotatable bonds is 6. The SMILES string of the molecule is Cc1cc(C(=O)Cn2nnc(-c3ccc(Cl)cc3)n2)c(C)n1Cc1ccccc1. The Hall–Kier alpha value is -3.25. The molecule has 2 heterocycles. The first-order chi connectivity index (χ1) is 14.0. The highest BCUT2D eigenvalue weighted by molar-refractivity contribution is 6.30. The van der Waals surface area contributed by atoms with Crippen LogP contribution in [0.15, 0.2) is 60.7 Å². The Bertz CT molecular complexity index is 1150.